The van der Waals surface area contributed by atoms with Crippen LogP contribution in [0.15, 0.2) is 36.5 Å². The van der Waals surface area contributed by atoms with Crippen LogP contribution in [-0.4, -0.2) is 43.4 Å². The highest BCUT2D eigenvalue weighted by Gasteiger charge is 2.15. The van der Waals surface area contributed by atoms with E-state index in [-0.39, 0.29) is 19.0 Å². The molecule has 9 heteroatoms. The van der Waals surface area contributed by atoms with E-state index in [1.54, 1.807) is 30.3 Å². The maximum atomic E-state index is 10.7. The number of aromatic nitrogens is 4. The number of benzene rings is 2. The maximum Gasteiger partial charge on any atom is 0.221 e. The Morgan fingerprint density at radius 1 is 1.00 bits per heavy atom. The first kappa shape index (κ1) is 16.8. The maximum absolute atomic E-state index is 10.7. The van der Waals surface area contributed by atoms with Gasteiger partial charge in [0.05, 0.1) is 16.7 Å². The standard InChI is InChI=1S/C17H12Cl2N4O3/c18-11-7-13-14(8-12(11)19)22-23(21-13)15-2-1-10-9(16(15)25)3-4-20-17(10)26-6-5-24/h1-4,7-8,24-25H,5-6H2. The average Bonchev–Trinajstić information content (AvgIpc) is 3.03. The number of nitrogens with zero attached hydrogens (tertiary/aromatic N) is 4. The van der Waals surface area contributed by atoms with Crippen molar-refractivity contribution in [3.05, 3.63) is 46.6 Å². The summed E-state index contributed by atoms with van der Waals surface area (Å²) in [5.74, 6) is 0.312. The lowest BCUT2D eigenvalue weighted by molar-refractivity contribution is 0.198. The van der Waals surface area contributed by atoms with Crippen LogP contribution in [-0.2, 0) is 0 Å². The van der Waals surface area contributed by atoms with Gasteiger partial charge in [0.2, 0.25) is 5.88 Å². The van der Waals surface area contributed by atoms with E-state index in [1.807, 2.05) is 0 Å². The third-order valence-electron chi connectivity index (χ3n) is 3.83. The van der Waals surface area contributed by atoms with Crippen molar-refractivity contribution in [1.29, 1.82) is 0 Å². The molecule has 0 radical (unpaired) electrons. The highest BCUT2D eigenvalue weighted by atomic mass is 35.5. The summed E-state index contributed by atoms with van der Waals surface area (Å²) in [5.41, 5.74) is 1.50. The number of hydrogen-bond donors (Lipinski definition) is 2. The average molecular weight is 391 g/mol. The summed E-state index contributed by atoms with van der Waals surface area (Å²) in [4.78, 5) is 5.45. The van der Waals surface area contributed by atoms with Gasteiger partial charge in [-0.15, -0.1) is 15.0 Å². The third kappa shape index (κ3) is 2.80. The number of aromatic hydroxyl groups is 1. The number of phenolic OH excluding ortho intramolecular Hbond substituents is 1. The Bertz CT molecular complexity index is 1090. The van der Waals surface area contributed by atoms with Crippen LogP contribution in [0, 0.1) is 0 Å². The molecular formula is C17H12Cl2N4O3. The van der Waals surface area contributed by atoms with Crippen molar-refractivity contribution in [2.24, 2.45) is 0 Å². The molecule has 0 fully saturated rings. The van der Waals surface area contributed by atoms with Gasteiger partial charge in [0.1, 0.15) is 23.3 Å². The van der Waals surface area contributed by atoms with Gasteiger partial charge < -0.3 is 14.9 Å². The monoisotopic (exact) mass is 390 g/mol. The molecule has 2 aromatic heterocycles. The molecule has 132 valence electrons. The summed E-state index contributed by atoms with van der Waals surface area (Å²) in [6.45, 7) is -0.0146. The van der Waals surface area contributed by atoms with E-state index in [4.69, 9.17) is 33.0 Å². The largest absolute Gasteiger partial charge is 0.505 e. The molecule has 4 aromatic rings. The minimum absolute atomic E-state index is 0.0174. The lowest BCUT2D eigenvalue weighted by Crippen LogP contribution is -2.04. The number of aliphatic hydroxyl groups excluding tert-OH is 1. The van der Waals surface area contributed by atoms with Gasteiger partial charge in [-0.2, -0.15) is 0 Å². The summed E-state index contributed by atoms with van der Waals surface area (Å²) in [6, 6.07) is 8.30. The summed E-state index contributed by atoms with van der Waals surface area (Å²) < 4.78 is 5.40. The molecule has 0 aliphatic heterocycles. The second-order valence-electron chi connectivity index (χ2n) is 5.46. The van der Waals surface area contributed by atoms with Gasteiger partial charge in [-0.25, -0.2) is 4.98 Å². The Kier molecular flexibility index (Phi) is 4.28. The molecule has 0 saturated heterocycles. The first-order valence-electron chi connectivity index (χ1n) is 7.65. The van der Waals surface area contributed by atoms with E-state index in [9.17, 15) is 5.11 Å². The molecule has 0 atom stereocenters. The topological polar surface area (TPSA) is 93.3 Å². The molecule has 0 amide bonds. The fourth-order valence-electron chi connectivity index (χ4n) is 2.64. The number of halogens is 2. The predicted molar refractivity (Wildman–Crippen MR) is 98.4 cm³/mol. The summed E-state index contributed by atoms with van der Waals surface area (Å²) >= 11 is 12.0. The van der Waals surface area contributed by atoms with E-state index in [0.717, 1.165) is 0 Å². The minimum atomic E-state index is -0.128. The van der Waals surface area contributed by atoms with Crippen LogP contribution in [0.4, 0.5) is 0 Å². The molecule has 2 aromatic carbocycles. The minimum Gasteiger partial charge on any atom is -0.505 e. The first-order valence-corrected chi connectivity index (χ1v) is 8.41. The van der Waals surface area contributed by atoms with Gasteiger partial charge >= 0.3 is 0 Å². The lowest BCUT2D eigenvalue weighted by Gasteiger charge is -2.10. The third-order valence-corrected chi connectivity index (χ3v) is 4.55. The number of phenols is 1. The van der Waals surface area contributed by atoms with Crippen LogP contribution < -0.4 is 4.74 Å². The number of fused-ring (bicyclic) bond motifs is 2. The molecule has 0 spiro atoms. The Morgan fingerprint density at radius 2 is 1.69 bits per heavy atom. The van der Waals surface area contributed by atoms with Gasteiger partial charge in [0, 0.05) is 17.0 Å². The van der Waals surface area contributed by atoms with Gasteiger partial charge in [-0.3, -0.25) is 0 Å². The SMILES string of the molecule is OCCOc1nccc2c(O)c(-n3nc4cc(Cl)c(Cl)cc4n3)ccc12. The van der Waals surface area contributed by atoms with Gasteiger partial charge in [-0.1, -0.05) is 23.2 Å². The fraction of sp³-hybridized carbons (Fsp3) is 0.118. The Morgan fingerprint density at radius 3 is 2.35 bits per heavy atom. The Labute approximate surface area is 157 Å². The molecule has 7 nitrogen and oxygen atoms in total. The second-order valence-corrected chi connectivity index (χ2v) is 6.28. The molecule has 0 aliphatic carbocycles. The predicted octanol–water partition coefficient (Wildman–Crippen LogP) is 3.35. The quantitative estimate of drug-likeness (QED) is 0.554. The Hall–Kier alpha value is -2.61. The zero-order valence-corrected chi connectivity index (χ0v) is 14.7. The van der Waals surface area contributed by atoms with Crippen molar-refractivity contribution in [2.45, 2.75) is 0 Å². The van der Waals surface area contributed by atoms with Crippen molar-refractivity contribution in [1.82, 2.24) is 20.0 Å². The zero-order chi connectivity index (χ0) is 18.3. The number of aliphatic hydroxyl groups is 1. The summed E-state index contributed by atoms with van der Waals surface area (Å²) in [6.07, 6.45) is 1.52. The molecule has 26 heavy (non-hydrogen) atoms. The van der Waals surface area contributed by atoms with Crippen molar-refractivity contribution >= 4 is 45.0 Å². The van der Waals surface area contributed by atoms with Crippen LogP contribution in [0.2, 0.25) is 10.0 Å². The van der Waals surface area contributed by atoms with Gasteiger partial charge in [0.25, 0.3) is 0 Å². The Balaban J connectivity index is 1.86. The van der Waals surface area contributed by atoms with E-state index >= 15 is 0 Å². The molecule has 2 N–H and O–H groups in total. The van der Waals surface area contributed by atoms with Crippen molar-refractivity contribution in [3.8, 4) is 17.3 Å². The number of rotatable bonds is 4. The molecule has 0 aliphatic rings. The number of hydrogen-bond acceptors (Lipinski definition) is 6. The molecule has 0 saturated carbocycles. The highest BCUT2D eigenvalue weighted by molar-refractivity contribution is 6.42. The van der Waals surface area contributed by atoms with Crippen LogP contribution >= 0.6 is 23.2 Å². The summed E-state index contributed by atoms with van der Waals surface area (Å²) in [5, 5.41) is 30.2. The van der Waals surface area contributed by atoms with E-state index in [1.165, 1.54) is 11.0 Å². The molecular weight excluding hydrogens is 379 g/mol. The first-order chi connectivity index (χ1) is 12.6. The van der Waals surface area contributed by atoms with Crippen LogP contribution in [0.5, 0.6) is 11.6 Å². The molecule has 2 heterocycles. The van der Waals surface area contributed by atoms with Crippen molar-refractivity contribution < 1.29 is 14.9 Å². The summed E-state index contributed by atoms with van der Waals surface area (Å²) in [7, 11) is 0. The highest BCUT2D eigenvalue weighted by Crippen LogP contribution is 2.35. The smallest absolute Gasteiger partial charge is 0.221 e. The van der Waals surface area contributed by atoms with E-state index in [0.29, 0.717) is 43.4 Å². The van der Waals surface area contributed by atoms with Crippen LogP contribution in [0.1, 0.15) is 0 Å². The van der Waals surface area contributed by atoms with Crippen LogP contribution in [0.3, 0.4) is 0 Å². The van der Waals surface area contributed by atoms with Gasteiger partial charge in [-0.05, 0) is 30.3 Å². The fourth-order valence-corrected chi connectivity index (χ4v) is 2.96. The van der Waals surface area contributed by atoms with Crippen LogP contribution in [0.25, 0.3) is 27.5 Å². The van der Waals surface area contributed by atoms with Crippen molar-refractivity contribution in [3.63, 3.8) is 0 Å². The zero-order valence-electron chi connectivity index (χ0n) is 13.2. The number of ether oxygens (including phenoxy) is 1. The normalized spacial score (nSPS) is 11.3. The number of pyridine rings is 1. The lowest BCUT2D eigenvalue weighted by atomic mass is 10.1. The molecule has 0 unspecified atom stereocenters. The molecule has 0 bridgehead atoms. The molecule has 4 rings (SSSR count). The van der Waals surface area contributed by atoms with Crippen molar-refractivity contribution in [2.75, 3.05) is 13.2 Å². The van der Waals surface area contributed by atoms with E-state index in [2.05, 4.69) is 15.2 Å². The van der Waals surface area contributed by atoms with Gasteiger partial charge in [0.15, 0.2) is 5.75 Å². The second kappa shape index (κ2) is 6.60. The van der Waals surface area contributed by atoms with E-state index < -0.39 is 0 Å².